The Morgan fingerprint density at radius 1 is 1.62 bits per heavy atom. The minimum Gasteiger partial charge on any atom is -0.363 e. The molecule has 0 spiro atoms. The normalized spacial score (nSPS) is 25.7. The van der Waals surface area contributed by atoms with Crippen molar-refractivity contribution in [1.29, 1.82) is 0 Å². The zero-order valence-corrected chi connectivity index (χ0v) is 9.23. The molecule has 0 saturated heterocycles. The Bertz CT molecular complexity index is 448. The zero-order valence-electron chi connectivity index (χ0n) is 9.23. The zero-order chi connectivity index (χ0) is 11.3. The average molecular weight is 221 g/mol. The molecule has 1 aromatic rings. The third kappa shape index (κ3) is 1.29. The second kappa shape index (κ2) is 2.96. The van der Waals surface area contributed by atoms with E-state index >= 15 is 0 Å². The molecule has 1 aliphatic carbocycles. The van der Waals surface area contributed by atoms with E-state index < -0.39 is 5.91 Å². The van der Waals surface area contributed by atoms with Crippen LogP contribution in [0.15, 0.2) is 0 Å². The van der Waals surface area contributed by atoms with Gasteiger partial charge < -0.3 is 11.1 Å². The van der Waals surface area contributed by atoms with Gasteiger partial charge in [-0.3, -0.25) is 4.79 Å². The smallest absolute Gasteiger partial charge is 0.288 e. The third-order valence-electron chi connectivity index (χ3n) is 3.69. The molecule has 1 amide bonds. The number of fused-ring (bicyclic) bond motifs is 1. The van der Waals surface area contributed by atoms with Crippen molar-refractivity contribution in [2.75, 3.05) is 11.9 Å². The van der Waals surface area contributed by atoms with E-state index in [0.29, 0.717) is 17.4 Å². The van der Waals surface area contributed by atoms with Crippen LogP contribution in [0.2, 0.25) is 0 Å². The van der Waals surface area contributed by atoms with Gasteiger partial charge in [0.15, 0.2) is 0 Å². The van der Waals surface area contributed by atoms with E-state index in [4.69, 9.17) is 5.73 Å². The second-order valence-corrected chi connectivity index (χ2v) is 4.95. The lowest BCUT2D eigenvalue weighted by atomic mass is 9.95. The Morgan fingerprint density at radius 2 is 2.38 bits per heavy atom. The van der Waals surface area contributed by atoms with Crippen LogP contribution in [0.25, 0.3) is 0 Å². The third-order valence-corrected chi connectivity index (χ3v) is 3.69. The van der Waals surface area contributed by atoms with Crippen LogP contribution in [0.3, 0.4) is 0 Å². The Kier molecular flexibility index (Phi) is 1.78. The maximum atomic E-state index is 11.0. The summed E-state index contributed by atoms with van der Waals surface area (Å²) in [7, 11) is 0. The molecule has 1 fully saturated rings. The Morgan fingerprint density at radius 3 is 3.00 bits per heavy atom. The highest BCUT2D eigenvalue weighted by atomic mass is 16.1. The van der Waals surface area contributed by atoms with Gasteiger partial charge in [0, 0.05) is 6.54 Å². The van der Waals surface area contributed by atoms with E-state index in [9.17, 15) is 4.79 Å². The molecule has 16 heavy (non-hydrogen) atoms. The van der Waals surface area contributed by atoms with Gasteiger partial charge in [-0.1, -0.05) is 6.92 Å². The van der Waals surface area contributed by atoms with Crippen LogP contribution in [0.5, 0.6) is 0 Å². The molecule has 1 aromatic heterocycles. The van der Waals surface area contributed by atoms with E-state index in [1.807, 2.05) is 4.68 Å². The van der Waals surface area contributed by atoms with E-state index in [0.717, 1.165) is 13.0 Å². The van der Waals surface area contributed by atoms with Gasteiger partial charge >= 0.3 is 0 Å². The molecule has 6 nitrogen and oxygen atoms in total. The largest absolute Gasteiger partial charge is 0.363 e. The molecule has 0 bridgehead atoms. The summed E-state index contributed by atoms with van der Waals surface area (Å²) >= 11 is 0. The Hall–Kier alpha value is -1.59. The van der Waals surface area contributed by atoms with Crippen LogP contribution < -0.4 is 11.1 Å². The summed E-state index contributed by atoms with van der Waals surface area (Å²) in [6.45, 7) is 3.15. The van der Waals surface area contributed by atoms with Crippen molar-refractivity contribution in [1.82, 2.24) is 14.8 Å². The van der Waals surface area contributed by atoms with Crippen LogP contribution in [-0.2, 0) is 0 Å². The first kappa shape index (κ1) is 9.62. The number of anilines is 1. The molecule has 0 radical (unpaired) electrons. The van der Waals surface area contributed by atoms with Gasteiger partial charge in [0.2, 0.25) is 11.8 Å². The van der Waals surface area contributed by atoms with Gasteiger partial charge in [0.1, 0.15) is 0 Å². The highest BCUT2D eigenvalue weighted by molar-refractivity contribution is 5.89. The number of nitrogens with two attached hydrogens (primary N) is 1. The summed E-state index contributed by atoms with van der Waals surface area (Å²) in [4.78, 5) is 15.2. The van der Waals surface area contributed by atoms with Crippen LogP contribution in [-0.4, -0.2) is 27.2 Å². The van der Waals surface area contributed by atoms with Crippen molar-refractivity contribution < 1.29 is 4.79 Å². The SMILES string of the molecule is CC1(C2CCNc3nc(C(N)=O)nn32)CC1. The number of carbonyl (C=O) groups is 1. The molecular formula is C10H15N5O. The standard InChI is InChI=1S/C10H15N5O/c1-10(3-4-10)6-2-5-12-9-13-8(7(11)16)14-15(6)9/h6H,2-5H2,1H3,(H2,11,16)(H,12,13,14). The molecule has 1 aliphatic heterocycles. The maximum absolute atomic E-state index is 11.0. The van der Waals surface area contributed by atoms with Crippen LogP contribution in [0.1, 0.15) is 42.8 Å². The van der Waals surface area contributed by atoms with Gasteiger partial charge in [-0.2, -0.15) is 4.98 Å². The quantitative estimate of drug-likeness (QED) is 0.763. The molecule has 2 heterocycles. The number of rotatable bonds is 2. The number of primary amides is 1. The number of aromatic nitrogens is 3. The number of hydrogen-bond acceptors (Lipinski definition) is 4. The van der Waals surface area contributed by atoms with Gasteiger partial charge in [-0.05, 0) is 24.7 Å². The summed E-state index contributed by atoms with van der Waals surface area (Å²) in [6.07, 6.45) is 3.48. The predicted molar refractivity (Wildman–Crippen MR) is 58.0 cm³/mol. The first-order chi connectivity index (χ1) is 7.60. The van der Waals surface area contributed by atoms with E-state index in [-0.39, 0.29) is 5.82 Å². The van der Waals surface area contributed by atoms with Crippen molar-refractivity contribution in [2.24, 2.45) is 11.1 Å². The summed E-state index contributed by atoms with van der Waals surface area (Å²) in [5, 5.41) is 7.36. The van der Waals surface area contributed by atoms with Gasteiger partial charge in [-0.15, -0.1) is 5.10 Å². The summed E-state index contributed by atoms with van der Waals surface area (Å²) in [5.41, 5.74) is 5.52. The van der Waals surface area contributed by atoms with E-state index in [2.05, 4.69) is 22.3 Å². The van der Waals surface area contributed by atoms with Crippen molar-refractivity contribution in [3.63, 3.8) is 0 Å². The monoisotopic (exact) mass is 221 g/mol. The molecule has 86 valence electrons. The number of amides is 1. The molecular weight excluding hydrogens is 206 g/mol. The number of carbonyl (C=O) groups excluding carboxylic acids is 1. The molecule has 3 N–H and O–H groups in total. The van der Waals surface area contributed by atoms with Gasteiger partial charge in [0.05, 0.1) is 6.04 Å². The van der Waals surface area contributed by atoms with Crippen LogP contribution >= 0.6 is 0 Å². The highest BCUT2D eigenvalue weighted by Gasteiger charge is 2.47. The summed E-state index contributed by atoms with van der Waals surface area (Å²) < 4.78 is 1.84. The maximum Gasteiger partial charge on any atom is 0.288 e. The van der Waals surface area contributed by atoms with Gasteiger partial charge in [0.25, 0.3) is 5.91 Å². The first-order valence-electron chi connectivity index (χ1n) is 5.60. The lowest BCUT2D eigenvalue weighted by molar-refractivity contribution is 0.0989. The summed E-state index contributed by atoms with van der Waals surface area (Å²) in [5.74, 6) is 0.222. The molecule has 1 saturated carbocycles. The van der Waals surface area contributed by atoms with E-state index in [1.165, 1.54) is 12.8 Å². The van der Waals surface area contributed by atoms with Crippen LogP contribution in [0.4, 0.5) is 5.95 Å². The molecule has 1 atom stereocenters. The number of nitrogens with zero attached hydrogens (tertiary/aromatic N) is 3. The highest BCUT2D eigenvalue weighted by Crippen LogP contribution is 2.55. The minimum atomic E-state index is -0.566. The number of hydrogen-bond donors (Lipinski definition) is 2. The van der Waals surface area contributed by atoms with Crippen molar-refractivity contribution in [2.45, 2.75) is 32.2 Å². The molecule has 3 rings (SSSR count). The minimum absolute atomic E-state index is 0.110. The van der Waals surface area contributed by atoms with Crippen LogP contribution in [0, 0.1) is 5.41 Å². The van der Waals surface area contributed by atoms with Crippen molar-refractivity contribution in [3.05, 3.63) is 5.82 Å². The fourth-order valence-corrected chi connectivity index (χ4v) is 2.38. The Balaban J connectivity index is 2.01. The molecule has 6 heteroatoms. The molecule has 0 aromatic carbocycles. The fraction of sp³-hybridized carbons (Fsp3) is 0.700. The van der Waals surface area contributed by atoms with E-state index in [1.54, 1.807) is 0 Å². The predicted octanol–water partition coefficient (Wildman–Crippen LogP) is 0.534. The topological polar surface area (TPSA) is 85.8 Å². The van der Waals surface area contributed by atoms with Crippen molar-refractivity contribution in [3.8, 4) is 0 Å². The average Bonchev–Trinajstić information content (AvgIpc) is 2.84. The molecule has 1 unspecified atom stereocenters. The molecule has 2 aliphatic rings. The lowest BCUT2D eigenvalue weighted by Gasteiger charge is -2.29. The second-order valence-electron chi connectivity index (χ2n) is 4.95. The number of nitrogens with one attached hydrogen (secondary N) is 1. The van der Waals surface area contributed by atoms with Gasteiger partial charge in [-0.25, -0.2) is 4.68 Å². The Labute approximate surface area is 93.2 Å². The lowest BCUT2D eigenvalue weighted by Crippen LogP contribution is -2.29. The summed E-state index contributed by atoms with van der Waals surface area (Å²) in [6, 6.07) is 0.351. The fourth-order valence-electron chi connectivity index (χ4n) is 2.38. The first-order valence-corrected chi connectivity index (χ1v) is 5.60. The van der Waals surface area contributed by atoms with Crippen molar-refractivity contribution >= 4 is 11.9 Å².